The molecular formula is C16H31IN4O2. The summed E-state index contributed by atoms with van der Waals surface area (Å²) in [4.78, 5) is 18.2. The zero-order valence-electron chi connectivity index (χ0n) is 14.3. The van der Waals surface area contributed by atoms with Gasteiger partial charge in [-0.3, -0.25) is 9.79 Å². The molecule has 7 heteroatoms. The van der Waals surface area contributed by atoms with Crippen molar-refractivity contribution in [2.75, 3.05) is 46.9 Å². The standard InChI is InChI=1S/C16H30N4O2.HI/c1-17-16(20(2)11-13-7-10-22-12-13)19-9-4-8-18-15(21)14-5-3-6-14;/h13-14H,3-12H2,1-2H3,(H,17,19)(H,18,21);1H. The Morgan fingerprint density at radius 1 is 1.26 bits per heavy atom. The second-order valence-electron chi connectivity index (χ2n) is 6.36. The van der Waals surface area contributed by atoms with Gasteiger partial charge in [-0.05, 0) is 25.7 Å². The quantitative estimate of drug-likeness (QED) is 0.274. The summed E-state index contributed by atoms with van der Waals surface area (Å²) in [6.07, 6.45) is 5.37. The van der Waals surface area contributed by atoms with Gasteiger partial charge in [-0.15, -0.1) is 24.0 Å². The highest BCUT2D eigenvalue weighted by Crippen LogP contribution is 2.25. The Morgan fingerprint density at radius 3 is 2.57 bits per heavy atom. The molecule has 1 aliphatic heterocycles. The van der Waals surface area contributed by atoms with Gasteiger partial charge in [0.05, 0.1) is 6.61 Å². The van der Waals surface area contributed by atoms with Gasteiger partial charge in [0.25, 0.3) is 0 Å². The molecule has 0 aromatic rings. The third-order valence-corrected chi connectivity index (χ3v) is 4.54. The number of halogens is 1. The van der Waals surface area contributed by atoms with Crippen LogP contribution in [0, 0.1) is 11.8 Å². The predicted molar refractivity (Wildman–Crippen MR) is 103 cm³/mol. The van der Waals surface area contributed by atoms with Crippen molar-refractivity contribution < 1.29 is 9.53 Å². The van der Waals surface area contributed by atoms with E-state index in [2.05, 4.69) is 27.6 Å². The van der Waals surface area contributed by atoms with Crippen LogP contribution in [0.4, 0.5) is 0 Å². The second-order valence-corrected chi connectivity index (χ2v) is 6.36. The Bertz CT molecular complexity index is 382. The summed E-state index contributed by atoms with van der Waals surface area (Å²) in [7, 11) is 3.87. The molecule has 1 heterocycles. The molecule has 1 aliphatic carbocycles. The molecule has 1 amide bonds. The molecule has 1 atom stereocenters. The summed E-state index contributed by atoms with van der Waals surface area (Å²) in [5.41, 5.74) is 0. The van der Waals surface area contributed by atoms with E-state index in [-0.39, 0.29) is 35.8 Å². The van der Waals surface area contributed by atoms with Gasteiger partial charge < -0.3 is 20.3 Å². The van der Waals surface area contributed by atoms with Crippen LogP contribution in [0.3, 0.4) is 0 Å². The van der Waals surface area contributed by atoms with Crippen molar-refractivity contribution in [3.63, 3.8) is 0 Å². The van der Waals surface area contributed by atoms with Gasteiger partial charge >= 0.3 is 0 Å². The Kier molecular flexibility index (Phi) is 9.85. The molecule has 134 valence electrons. The van der Waals surface area contributed by atoms with Crippen molar-refractivity contribution in [1.29, 1.82) is 0 Å². The first-order chi connectivity index (χ1) is 10.7. The first-order valence-electron chi connectivity index (χ1n) is 8.48. The molecular weight excluding hydrogens is 407 g/mol. The normalized spacial score (nSPS) is 21.3. The number of nitrogens with zero attached hydrogens (tertiary/aromatic N) is 2. The summed E-state index contributed by atoms with van der Waals surface area (Å²) < 4.78 is 5.41. The Balaban J connectivity index is 0.00000264. The van der Waals surface area contributed by atoms with Crippen molar-refractivity contribution in [3.05, 3.63) is 0 Å². The highest BCUT2D eigenvalue weighted by Gasteiger charge is 2.24. The fraction of sp³-hybridized carbons (Fsp3) is 0.875. The molecule has 1 saturated heterocycles. The van der Waals surface area contributed by atoms with Crippen LogP contribution in [-0.4, -0.2) is 63.7 Å². The topological polar surface area (TPSA) is 66.0 Å². The molecule has 23 heavy (non-hydrogen) atoms. The molecule has 6 nitrogen and oxygen atoms in total. The molecule has 2 rings (SSSR count). The van der Waals surface area contributed by atoms with E-state index in [0.29, 0.717) is 5.92 Å². The van der Waals surface area contributed by atoms with Crippen LogP contribution in [0.15, 0.2) is 4.99 Å². The molecule has 0 spiro atoms. The zero-order valence-corrected chi connectivity index (χ0v) is 16.7. The van der Waals surface area contributed by atoms with E-state index in [1.165, 1.54) is 6.42 Å². The zero-order chi connectivity index (χ0) is 15.8. The second kappa shape index (κ2) is 11.1. The maximum absolute atomic E-state index is 11.7. The van der Waals surface area contributed by atoms with Crippen LogP contribution in [-0.2, 0) is 9.53 Å². The lowest BCUT2D eigenvalue weighted by Crippen LogP contribution is -2.42. The number of hydrogen-bond acceptors (Lipinski definition) is 3. The van der Waals surface area contributed by atoms with E-state index in [0.717, 1.165) is 64.5 Å². The van der Waals surface area contributed by atoms with Gasteiger partial charge in [0.1, 0.15) is 0 Å². The smallest absolute Gasteiger partial charge is 0.223 e. The Morgan fingerprint density at radius 2 is 2.00 bits per heavy atom. The SMILES string of the molecule is CN=C(NCCCNC(=O)C1CCC1)N(C)CC1CCOC1.I. The number of rotatable bonds is 7. The Labute approximate surface area is 156 Å². The number of nitrogens with one attached hydrogen (secondary N) is 2. The lowest BCUT2D eigenvalue weighted by Gasteiger charge is -2.25. The largest absolute Gasteiger partial charge is 0.381 e. The first-order valence-corrected chi connectivity index (χ1v) is 8.48. The number of aliphatic imine (C=N–C) groups is 1. The lowest BCUT2D eigenvalue weighted by atomic mass is 9.85. The van der Waals surface area contributed by atoms with Gasteiger partial charge in [-0.2, -0.15) is 0 Å². The van der Waals surface area contributed by atoms with Crippen LogP contribution in [0.5, 0.6) is 0 Å². The van der Waals surface area contributed by atoms with Gasteiger partial charge in [0.15, 0.2) is 5.96 Å². The summed E-state index contributed by atoms with van der Waals surface area (Å²) in [5.74, 6) is 2.03. The molecule has 0 bridgehead atoms. The molecule has 0 aromatic heterocycles. The van der Waals surface area contributed by atoms with Crippen LogP contribution in [0.25, 0.3) is 0 Å². The minimum Gasteiger partial charge on any atom is -0.381 e. The summed E-state index contributed by atoms with van der Waals surface area (Å²) in [5, 5.41) is 6.37. The average molecular weight is 438 g/mol. The van der Waals surface area contributed by atoms with Crippen LogP contribution in [0.2, 0.25) is 0 Å². The Hall–Kier alpha value is -0.570. The van der Waals surface area contributed by atoms with E-state index < -0.39 is 0 Å². The molecule has 2 N–H and O–H groups in total. The van der Waals surface area contributed by atoms with Crippen LogP contribution >= 0.6 is 24.0 Å². The van der Waals surface area contributed by atoms with Gasteiger partial charge in [0.2, 0.25) is 5.91 Å². The highest BCUT2D eigenvalue weighted by atomic mass is 127. The number of amides is 1. The monoisotopic (exact) mass is 438 g/mol. The molecule has 0 radical (unpaired) electrons. The van der Waals surface area contributed by atoms with Gasteiger partial charge in [-0.25, -0.2) is 0 Å². The van der Waals surface area contributed by atoms with Crippen molar-refractivity contribution >= 4 is 35.8 Å². The maximum atomic E-state index is 11.7. The molecule has 1 saturated carbocycles. The van der Waals surface area contributed by atoms with E-state index in [1.807, 2.05) is 7.05 Å². The summed E-state index contributed by atoms with van der Waals surface area (Å²) >= 11 is 0. The van der Waals surface area contributed by atoms with Gasteiger partial charge in [-0.1, -0.05) is 6.42 Å². The summed E-state index contributed by atoms with van der Waals surface area (Å²) in [6, 6.07) is 0. The van der Waals surface area contributed by atoms with E-state index in [9.17, 15) is 4.79 Å². The third kappa shape index (κ3) is 6.82. The molecule has 1 unspecified atom stereocenters. The molecule has 2 aliphatic rings. The van der Waals surface area contributed by atoms with Crippen LogP contribution < -0.4 is 10.6 Å². The fourth-order valence-electron chi connectivity index (χ4n) is 2.90. The van der Waals surface area contributed by atoms with Crippen molar-refractivity contribution in [1.82, 2.24) is 15.5 Å². The molecule has 2 fully saturated rings. The average Bonchev–Trinajstić information content (AvgIpc) is 2.93. The number of ether oxygens (including phenoxy) is 1. The summed E-state index contributed by atoms with van der Waals surface area (Å²) in [6.45, 7) is 4.26. The maximum Gasteiger partial charge on any atom is 0.223 e. The van der Waals surface area contributed by atoms with E-state index in [4.69, 9.17) is 4.74 Å². The number of hydrogen-bond donors (Lipinski definition) is 2. The van der Waals surface area contributed by atoms with Crippen molar-refractivity contribution in [2.24, 2.45) is 16.8 Å². The van der Waals surface area contributed by atoms with E-state index in [1.54, 1.807) is 0 Å². The minimum absolute atomic E-state index is 0. The van der Waals surface area contributed by atoms with Crippen LogP contribution in [0.1, 0.15) is 32.1 Å². The third-order valence-electron chi connectivity index (χ3n) is 4.54. The molecule has 0 aromatic carbocycles. The van der Waals surface area contributed by atoms with Gasteiger partial charge in [0, 0.05) is 52.2 Å². The predicted octanol–water partition coefficient (Wildman–Crippen LogP) is 1.45. The van der Waals surface area contributed by atoms with Crippen molar-refractivity contribution in [3.8, 4) is 0 Å². The van der Waals surface area contributed by atoms with Crippen molar-refractivity contribution in [2.45, 2.75) is 32.1 Å². The minimum atomic E-state index is 0. The number of guanidine groups is 1. The first kappa shape index (κ1) is 20.5. The lowest BCUT2D eigenvalue weighted by molar-refractivity contribution is -0.127. The number of carbonyl (C=O) groups excluding carboxylic acids is 1. The highest BCUT2D eigenvalue weighted by molar-refractivity contribution is 14.0. The fourth-order valence-corrected chi connectivity index (χ4v) is 2.90. The van der Waals surface area contributed by atoms with E-state index >= 15 is 0 Å². The number of carbonyl (C=O) groups is 1.